The fraction of sp³-hybridized carbons (Fsp3) is 0.174. The van der Waals surface area contributed by atoms with Gasteiger partial charge < -0.3 is 19.4 Å². The Hall–Kier alpha value is -2.35. The second-order valence-corrected chi connectivity index (χ2v) is 6.13. The van der Waals surface area contributed by atoms with Gasteiger partial charge >= 0.3 is 18.9 Å². The molecule has 0 bridgehead atoms. The van der Waals surface area contributed by atoms with Crippen LogP contribution < -0.4 is 24.0 Å². The van der Waals surface area contributed by atoms with Crippen molar-refractivity contribution in [3.63, 3.8) is 0 Å². The quantitative estimate of drug-likeness (QED) is 0.407. The minimum atomic E-state index is -1.31. The standard InChI is InChI=1S/C23H22O4.Li/c1-26-21(22(24)25)17-27-23(18-11-5-2-6-12-18,19-13-7-3-8-14-19)20-15-9-4-10-16-20;/h2-16,21H,17H2,1H3,(H,24,25);/q;+1/p-1/t21-;/m0./s1. The second kappa shape index (κ2) is 10.3. The van der Waals surface area contributed by atoms with Crippen molar-refractivity contribution in [3.8, 4) is 0 Å². The van der Waals surface area contributed by atoms with Gasteiger partial charge in [0.2, 0.25) is 0 Å². The summed E-state index contributed by atoms with van der Waals surface area (Å²) >= 11 is 0. The van der Waals surface area contributed by atoms with E-state index >= 15 is 0 Å². The summed E-state index contributed by atoms with van der Waals surface area (Å²) in [6.45, 7) is -0.155. The largest absolute Gasteiger partial charge is 1.00 e. The van der Waals surface area contributed by atoms with Crippen LogP contribution >= 0.6 is 0 Å². The van der Waals surface area contributed by atoms with E-state index in [1.54, 1.807) is 0 Å². The molecular weight excluding hydrogens is 347 g/mol. The first-order valence-electron chi connectivity index (χ1n) is 8.72. The van der Waals surface area contributed by atoms with Gasteiger partial charge in [0.05, 0.1) is 12.6 Å². The van der Waals surface area contributed by atoms with Gasteiger partial charge in [-0.05, 0) is 16.7 Å². The maximum absolute atomic E-state index is 11.3. The van der Waals surface area contributed by atoms with E-state index in [-0.39, 0.29) is 25.5 Å². The first-order chi connectivity index (χ1) is 13.2. The molecule has 0 aliphatic heterocycles. The van der Waals surface area contributed by atoms with Crippen LogP contribution in [-0.4, -0.2) is 25.8 Å². The van der Waals surface area contributed by atoms with Gasteiger partial charge in [0.1, 0.15) is 11.7 Å². The zero-order chi connectivity index (χ0) is 19.1. The van der Waals surface area contributed by atoms with Crippen molar-refractivity contribution in [1.29, 1.82) is 0 Å². The number of ether oxygens (including phenoxy) is 2. The molecule has 0 aliphatic carbocycles. The van der Waals surface area contributed by atoms with Gasteiger partial charge in [-0.2, -0.15) is 0 Å². The van der Waals surface area contributed by atoms with Crippen molar-refractivity contribution < 1.29 is 38.2 Å². The number of carbonyl (C=O) groups is 1. The predicted octanol–water partition coefficient (Wildman–Crippen LogP) is -0.236. The van der Waals surface area contributed by atoms with Gasteiger partial charge in [-0.1, -0.05) is 91.0 Å². The summed E-state index contributed by atoms with van der Waals surface area (Å²) in [5, 5.41) is 11.3. The van der Waals surface area contributed by atoms with E-state index in [9.17, 15) is 9.90 Å². The Kier molecular flexibility index (Phi) is 8.04. The Morgan fingerprint density at radius 3 is 1.46 bits per heavy atom. The Morgan fingerprint density at radius 1 is 0.821 bits per heavy atom. The Balaban J connectivity index is 0.00000280. The summed E-state index contributed by atoms with van der Waals surface area (Å²) in [6.07, 6.45) is -1.17. The van der Waals surface area contributed by atoms with E-state index < -0.39 is 17.7 Å². The molecule has 3 rings (SSSR count). The van der Waals surface area contributed by atoms with Crippen molar-refractivity contribution in [1.82, 2.24) is 0 Å². The zero-order valence-corrected chi connectivity index (χ0v) is 16.1. The molecule has 4 nitrogen and oxygen atoms in total. The molecule has 0 amide bonds. The molecule has 0 radical (unpaired) electrons. The van der Waals surface area contributed by atoms with Crippen LogP contribution in [0.25, 0.3) is 0 Å². The maximum Gasteiger partial charge on any atom is 1.00 e. The first kappa shape index (κ1) is 21.9. The predicted molar refractivity (Wildman–Crippen MR) is 101 cm³/mol. The molecule has 138 valence electrons. The Labute approximate surface area is 177 Å². The molecule has 3 aromatic carbocycles. The summed E-state index contributed by atoms with van der Waals surface area (Å²) in [6, 6.07) is 29.3. The molecule has 0 aliphatic rings. The molecule has 3 aromatic rings. The molecular formula is C23H21LiO4. The molecule has 0 unspecified atom stereocenters. The Morgan fingerprint density at radius 2 is 1.18 bits per heavy atom. The summed E-state index contributed by atoms with van der Waals surface area (Å²) in [5.41, 5.74) is 1.72. The number of benzene rings is 3. The SMILES string of the molecule is CO[C@@H](COC(c1ccccc1)(c1ccccc1)c1ccccc1)C(=O)[O-].[Li+]. The number of carboxylic acid groups (broad SMARTS) is 1. The third-order valence-corrected chi connectivity index (χ3v) is 4.54. The molecule has 0 heterocycles. The summed E-state index contributed by atoms with van der Waals surface area (Å²) in [4.78, 5) is 11.3. The van der Waals surface area contributed by atoms with Crippen molar-refractivity contribution in [2.75, 3.05) is 13.7 Å². The molecule has 1 atom stereocenters. The minimum Gasteiger partial charge on any atom is -0.547 e. The van der Waals surface area contributed by atoms with Crippen molar-refractivity contribution in [3.05, 3.63) is 108 Å². The maximum atomic E-state index is 11.3. The molecule has 0 aromatic heterocycles. The Bertz CT molecular complexity index is 757. The van der Waals surface area contributed by atoms with Crippen LogP contribution in [0.3, 0.4) is 0 Å². The second-order valence-electron chi connectivity index (χ2n) is 6.13. The number of carboxylic acids is 1. The van der Waals surface area contributed by atoms with Crippen molar-refractivity contribution >= 4 is 5.97 Å². The minimum absolute atomic E-state index is 0. The van der Waals surface area contributed by atoms with Crippen LogP contribution in [0.2, 0.25) is 0 Å². The average molecular weight is 368 g/mol. The number of methoxy groups -OCH3 is 1. The van der Waals surface area contributed by atoms with E-state index in [0.717, 1.165) is 16.7 Å². The molecule has 0 spiro atoms. The van der Waals surface area contributed by atoms with Crippen LogP contribution in [0.5, 0.6) is 0 Å². The van der Waals surface area contributed by atoms with Crippen LogP contribution in [-0.2, 0) is 19.9 Å². The number of carbonyl (C=O) groups excluding carboxylic acids is 1. The van der Waals surface area contributed by atoms with Crippen molar-refractivity contribution in [2.45, 2.75) is 11.7 Å². The smallest absolute Gasteiger partial charge is 0.547 e. The normalized spacial score (nSPS) is 12.0. The third kappa shape index (κ3) is 4.55. The summed E-state index contributed by atoms with van der Waals surface area (Å²) < 4.78 is 11.4. The molecule has 0 saturated heterocycles. The number of hydrogen-bond acceptors (Lipinski definition) is 4. The van der Waals surface area contributed by atoms with E-state index in [1.165, 1.54) is 7.11 Å². The number of hydrogen-bond donors (Lipinski definition) is 0. The fourth-order valence-corrected chi connectivity index (χ4v) is 3.20. The molecule has 0 N–H and O–H groups in total. The molecule has 0 fully saturated rings. The van der Waals surface area contributed by atoms with Crippen LogP contribution in [0.4, 0.5) is 0 Å². The van der Waals surface area contributed by atoms with Gasteiger partial charge in [0.15, 0.2) is 0 Å². The van der Waals surface area contributed by atoms with E-state index in [4.69, 9.17) is 9.47 Å². The summed E-state index contributed by atoms with van der Waals surface area (Å²) in [5.74, 6) is -1.31. The fourth-order valence-electron chi connectivity index (χ4n) is 3.20. The molecule has 28 heavy (non-hydrogen) atoms. The average Bonchev–Trinajstić information content (AvgIpc) is 2.73. The van der Waals surface area contributed by atoms with E-state index in [1.807, 2.05) is 91.0 Å². The van der Waals surface area contributed by atoms with Crippen LogP contribution in [0.1, 0.15) is 16.7 Å². The van der Waals surface area contributed by atoms with E-state index in [2.05, 4.69) is 0 Å². The van der Waals surface area contributed by atoms with Gasteiger partial charge in [-0.3, -0.25) is 0 Å². The topological polar surface area (TPSA) is 58.6 Å². The molecule has 5 heteroatoms. The monoisotopic (exact) mass is 368 g/mol. The number of aliphatic carboxylic acids is 1. The number of rotatable bonds is 8. The van der Waals surface area contributed by atoms with Gasteiger partial charge in [0, 0.05) is 7.11 Å². The molecule has 0 saturated carbocycles. The zero-order valence-electron chi connectivity index (χ0n) is 16.1. The van der Waals surface area contributed by atoms with Crippen LogP contribution in [0.15, 0.2) is 91.0 Å². The third-order valence-electron chi connectivity index (χ3n) is 4.54. The van der Waals surface area contributed by atoms with Crippen molar-refractivity contribution in [2.24, 2.45) is 0 Å². The summed E-state index contributed by atoms with van der Waals surface area (Å²) in [7, 11) is 1.33. The van der Waals surface area contributed by atoms with Gasteiger partial charge in [0.25, 0.3) is 0 Å². The van der Waals surface area contributed by atoms with Crippen LogP contribution in [0, 0.1) is 0 Å². The van der Waals surface area contributed by atoms with E-state index in [0.29, 0.717) is 0 Å². The first-order valence-corrected chi connectivity index (χ1v) is 8.72. The van der Waals surface area contributed by atoms with Gasteiger partial charge in [-0.25, -0.2) is 0 Å². The van der Waals surface area contributed by atoms with Gasteiger partial charge in [-0.15, -0.1) is 0 Å².